The van der Waals surface area contributed by atoms with E-state index in [1.165, 1.54) is 0 Å². The summed E-state index contributed by atoms with van der Waals surface area (Å²) in [6.45, 7) is 6.05. The molecular formula is C18H18F3N3O3. The SMILES string of the molecule is CC(C)(C)c1ccc(C(=O)NNC(=O)c2ccc(C(F)(F)F)[nH]c2=O)cc1. The van der Waals surface area contributed by atoms with Crippen molar-refractivity contribution in [2.75, 3.05) is 0 Å². The Balaban J connectivity index is 2.05. The van der Waals surface area contributed by atoms with Crippen LogP contribution in [-0.4, -0.2) is 16.8 Å². The summed E-state index contributed by atoms with van der Waals surface area (Å²) in [5.74, 6) is -1.67. The van der Waals surface area contributed by atoms with E-state index in [9.17, 15) is 27.6 Å². The fourth-order valence-corrected chi connectivity index (χ4v) is 2.19. The number of nitrogens with one attached hydrogen (secondary N) is 3. The molecule has 1 heterocycles. The molecule has 1 aromatic carbocycles. The molecule has 9 heteroatoms. The number of rotatable bonds is 2. The molecule has 3 N–H and O–H groups in total. The van der Waals surface area contributed by atoms with Gasteiger partial charge >= 0.3 is 6.18 Å². The normalized spacial score (nSPS) is 11.8. The Morgan fingerprint density at radius 1 is 0.889 bits per heavy atom. The summed E-state index contributed by atoms with van der Waals surface area (Å²) in [6, 6.07) is 8.01. The molecule has 0 unspecified atom stereocenters. The molecular weight excluding hydrogens is 363 g/mol. The van der Waals surface area contributed by atoms with Crippen LogP contribution in [0.5, 0.6) is 0 Å². The third-order valence-electron chi connectivity index (χ3n) is 3.76. The lowest BCUT2D eigenvalue weighted by Gasteiger charge is -2.19. The molecule has 2 amide bonds. The Bertz CT molecular complexity index is 910. The molecule has 0 aliphatic heterocycles. The van der Waals surface area contributed by atoms with Crippen LogP contribution < -0.4 is 16.4 Å². The second-order valence-electron chi connectivity index (χ2n) is 6.85. The van der Waals surface area contributed by atoms with Crippen molar-refractivity contribution in [2.24, 2.45) is 0 Å². The standard InChI is InChI=1S/C18H18F3N3O3/c1-17(2,3)11-6-4-10(5-7-11)14(25)23-24-16(27)12-8-9-13(18(19,20)21)22-15(12)26/h4-9H,1-3H3,(H,22,26)(H,23,25)(H,24,27). The van der Waals surface area contributed by atoms with Crippen molar-refractivity contribution in [3.63, 3.8) is 0 Å². The number of carbonyl (C=O) groups is 2. The van der Waals surface area contributed by atoms with Gasteiger partial charge in [-0.2, -0.15) is 13.2 Å². The Morgan fingerprint density at radius 3 is 1.93 bits per heavy atom. The lowest BCUT2D eigenvalue weighted by molar-refractivity contribution is -0.141. The summed E-state index contributed by atoms with van der Waals surface area (Å²) >= 11 is 0. The van der Waals surface area contributed by atoms with Crippen molar-refractivity contribution in [2.45, 2.75) is 32.4 Å². The summed E-state index contributed by atoms with van der Waals surface area (Å²) in [5.41, 5.74) is 2.26. The predicted molar refractivity (Wildman–Crippen MR) is 92.1 cm³/mol. The largest absolute Gasteiger partial charge is 0.431 e. The molecule has 0 atom stereocenters. The first-order chi connectivity index (χ1) is 12.4. The molecule has 6 nitrogen and oxygen atoms in total. The molecule has 1 aromatic heterocycles. The number of amides is 2. The molecule has 0 spiro atoms. The quantitative estimate of drug-likeness (QED) is 0.699. The molecule has 144 valence electrons. The minimum atomic E-state index is -4.73. The van der Waals surface area contributed by atoms with Crippen molar-refractivity contribution in [3.8, 4) is 0 Å². The van der Waals surface area contributed by atoms with E-state index in [-0.39, 0.29) is 11.0 Å². The van der Waals surface area contributed by atoms with E-state index >= 15 is 0 Å². The Hall–Kier alpha value is -3.10. The van der Waals surface area contributed by atoms with Crippen LogP contribution in [0.3, 0.4) is 0 Å². The predicted octanol–water partition coefficient (Wildman–Crippen LogP) is 2.77. The molecule has 0 saturated carbocycles. The number of hydrazine groups is 1. The summed E-state index contributed by atoms with van der Waals surface area (Å²) in [4.78, 5) is 37.2. The monoisotopic (exact) mass is 381 g/mol. The highest BCUT2D eigenvalue weighted by molar-refractivity contribution is 5.98. The van der Waals surface area contributed by atoms with Gasteiger partial charge in [0.15, 0.2) is 0 Å². The van der Waals surface area contributed by atoms with Crippen molar-refractivity contribution >= 4 is 11.8 Å². The van der Waals surface area contributed by atoms with Crippen molar-refractivity contribution in [1.82, 2.24) is 15.8 Å². The third kappa shape index (κ3) is 4.96. The average Bonchev–Trinajstić information content (AvgIpc) is 2.57. The highest BCUT2D eigenvalue weighted by Gasteiger charge is 2.32. The minimum absolute atomic E-state index is 0.0904. The lowest BCUT2D eigenvalue weighted by atomic mass is 9.87. The fraction of sp³-hybridized carbons (Fsp3) is 0.278. The summed E-state index contributed by atoms with van der Waals surface area (Å²) < 4.78 is 37.5. The van der Waals surface area contributed by atoms with Gasteiger partial charge in [-0.3, -0.25) is 25.2 Å². The Morgan fingerprint density at radius 2 is 1.44 bits per heavy atom. The van der Waals surface area contributed by atoms with E-state index in [1.54, 1.807) is 29.2 Å². The van der Waals surface area contributed by atoms with Crippen LogP contribution in [0.25, 0.3) is 0 Å². The van der Waals surface area contributed by atoms with Gasteiger partial charge in [-0.1, -0.05) is 32.9 Å². The zero-order chi connectivity index (χ0) is 20.4. The number of carbonyl (C=O) groups excluding carboxylic acids is 2. The van der Waals surface area contributed by atoms with Crippen LogP contribution in [0, 0.1) is 0 Å². The number of benzene rings is 1. The number of aromatic amines is 1. The lowest BCUT2D eigenvalue weighted by Crippen LogP contribution is -2.43. The number of halogens is 3. The van der Waals surface area contributed by atoms with Crippen LogP contribution in [0.4, 0.5) is 13.2 Å². The average molecular weight is 381 g/mol. The smallest absolute Gasteiger partial charge is 0.318 e. The van der Waals surface area contributed by atoms with Crippen LogP contribution in [0.1, 0.15) is 52.7 Å². The zero-order valence-corrected chi connectivity index (χ0v) is 14.8. The van der Waals surface area contributed by atoms with Crippen LogP contribution in [-0.2, 0) is 11.6 Å². The van der Waals surface area contributed by atoms with Crippen LogP contribution >= 0.6 is 0 Å². The van der Waals surface area contributed by atoms with Gasteiger partial charge in [-0.05, 0) is 35.2 Å². The summed E-state index contributed by atoms with van der Waals surface area (Å²) in [6.07, 6.45) is -4.73. The number of pyridine rings is 1. The Kier molecular flexibility index (Phi) is 5.43. The van der Waals surface area contributed by atoms with Crippen molar-refractivity contribution < 1.29 is 22.8 Å². The molecule has 2 aromatic rings. The van der Waals surface area contributed by atoms with Crippen LogP contribution in [0.2, 0.25) is 0 Å². The van der Waals surface area contributed by atoms with E-state index in [0.29, 0.717) is 6.07 Å². The van der Waals surface area contributed by atoms with Gasteiger partial charge < -0.3 is 4.98 Å². The number of hydrogen-bond acceptors (Lipinski definition) is 3. The van der Waals surface area contributed by atoms with Gasteiger partial charge in [0.2, 0.25) is 0 Å². The van der Waals surface area contributed by atoms with E-state index < -0.39 is 34.8 Å². The number of H-pyrrole nitrogens is 1. The van der Waals surface area contributed by atoms with Crippen molar-refractivity contribution in [3.05, 3.63) is 69.1 Å². The first-order valence-electron chi connectivity index (χ1n) is 7.91. The molecule has 0 fully saturated rings. The molecule has 0 radical (unpaired) electrons. The molecule has 2 rings (SSSR count). The van der Waals surface area contributed by atoms with E-state index in [0.717, 1.165) is 11.6 Å². The van der Waals surface area contributed by atoms with Crippen molar-refractivity contribution in [1.29, 1.82) is 0 Å². The Labute approximate surface area is 152 Å². The van der Waals surface area contributed by atoms with Gasteiger partial charge in [0.1, 0.15) is 11.3 Å². The van der Waals surface area contributed by atoms with Crippen LogP contribution in [0.15, 0.2) is 41.2 Å². The number of hydrogen-bond donors (Lipinski definition) is 3. The molecule has 0 aliphatic rings. The first-order valence-corrected chi connectivity index (χ1v) is 7.91. The maximum absolute atomic E-state index is 12.5. The highest BCUT2D eigenvalue weighted by Crippen LogP contribution is 2.26. The van der Waals surface area contributed by atoms with E-state index in [1.807, 2.05) is 26.2 Å². The molecule has 0 bridgehead atoms. The van der Waals surface area contributed by atoms with Gasteiger partial charge in [-0.15, -0.1) is 0 Å². The summed E-state index contributed by atoms with van der Waals surface area (Å²) in [5, 5.41) is 0. The van der Waals surface area contributed by atoms with E-state index in [2.05, 4.69) is 5.43 Å². The first kappa shape index (κ1) is 20.2. The number of alkyl halides is 3. The minimum Gasteiger partial charge on any atom is -0.318 e. The number of aromatic nitrogens is 1. The highest BCUT2D eigenvalue weighted by atomic mass is 19.4. The summed E-state index contributed by atoms with van der Waals surface area (Å²) in [7, 11) is 0. The maximum Gasteiger partial charge on any atom is 0.431 e. The molecule has 0 aliphatic carbocycles. The van der Waals surface area contributed by atoms with Gasteiger partial charge in [0, 0.05) is 5.56 Å². The van der Waals surface area contributed by atoms with Gasteiger partial charge in [-0.25, -0.2) is 0 Å². The molecule has 0 saturated heterocycles. The zero-order valence-electron chi connectivity index (χ0n) is 14.8. The third-order valence-corrected chi connectivity index (χ3v) is 3.76. The topological polar surface area (TPSA) is 91.1 Å². The fourth-order valence-electron chi connectivity index (χ4n) is 2.19. The van der Waals surface area contributed by atoms with E-state index in [4.69, 9.17) is 0 Å². The second-order valence-corrected chi connectivity index (χ2v) is 6.85. The van der Waals surface area contributed by atoms with Gasteiger partial charge in [0.25, 0.3) is 17.4 Å². The second kappa shape index (κ2) is 7.26. The molecule has 27 heavy (non-hydrogen) atoms. The maximum atomic E-state index is 12.5. The van der Waals surface area contributed by atoms with Gasteiger partial charge in [0.05, 0.1) is 0 Å².